The van der Waals surface area contributed by atoms with Crippen molar-refractivity contribution in [3.63, 3.8) is 0 Å². The second-order valence-electron chi connectivity index (χ2n) is 4.16. The predicted octanol–water partition coefficient (Wildman–Crippen LogP) is 2.37. The van der Waals surface area contributed by atoms with E-state index in [-0.39, 0.29) is 6.04 Å². The minimum Gasteiger partial charge on any atom is -0.377 e. The van der Waals surface area contributed by atoms with E-state index in [1.165, 1.54) is 12.8 Å². The Bertz CT molecular complexity index is 320. The summed E-state index contributed by atoms with van der Waals surface area (Å²) in [5, 5.41) is 1.06. The topological polar surface area (TPSA) is 48.1 Å². The SMILES string of the molecule is C[C@H](N)c1ccc(SCC2CCCO2)nc1. The summed E-state index contributed by atoms with van der Waals surface area (Å²) >= 11 is 1.76. The van der Waals surface area contributed by atoms with Crippen molar-refractivity contribution in [2.24, 2.45) is 5.73 Å². The zero-order valence-corrected chi connectivity index (χ0v) is 10.4. The lowest BCUT2D eigenvalue weighted by Gasteiger charge is -2.09. The van der Waals surface area contributed by atoms with Crippen LogP contribution in [0.5, 0.6) is 0 Å². The van der Waals surface area contributed by atoms with Gasteiger partial charge in [-0.15, -0.1) is 11.8 Å². The summed E-state index contributed by atoms with van der Waals surface area (Å²) in [6, 6.07) is 4.15. The van der Waals surface area contributed by atoms with Gasteiger partial charge in [-0.1, -0.05) is 6.07 Å². The summed E-state index contributed by atoms with van der Waals surface area (Å²) in [5.74, 6) is 1.00. The maximum absolute atomic E-state index is 5.77. The van der Waals surface area contributed by atoms with E-state index >= 15 is 0 Å². The van der Waals surface area contributed by atoms with Crippen molar-refractivity contribution in [1.82, 2.24) is 4.98 Å². The molecule has 2 atom stereocenters. The van der Waals surface area contributed by atoms with E-state index in [2.05, 4.69) is 11.1 Å². The van der Waals surface area contributed by atoms with Gasteiger partial charge in [0.15, 0.2) is 0 Å². The average molecular weight is 238 g/mol. The number of rotatable bonds is 4. The fourth-order valence-electron chi connectivity index (χ4n) is 1.70. The van der Waals surface area contributed by atoms with Crippen LogP contribution in [0.2, 0.25) is 0 Å². The number of hydrogen-bond acceptors (Lipinski definition) is 4. The van der Waals surface area contributed by atoms with Crippen molar-refractivity contribution in [2.75, 3.05) is 12.4 Å². The summed E-state index contributed by atoms with van der Waals surface area (Å²) in [6.07, 6.45) is 4.66. The molecule has 0 spiro atoms. The third-order valence-electron chi connectivity index (χ3n) is 2.73. The van der Waals surface area contributed by atoms with Gasteiger partial charge in [0, 0.05) is 24.6 Å². The van der Waals surface area contributed by atoms with Gasteiger partial charge in [-0.25, -0.2) is 4.98 Å². The van der Waals surface area contributed by atoms with Gasteiger partial charge in [-0.05, 0) is 31.4 Å². The molecule has 2 N–H and O–H groups in total. The molecular weight excluding hydrogens is 220 g/mol. The number of thioether (sulfide) groups is 1. The van der Waals surface area contributed by atoms with Crippen molar-refractivity contribution in [3.8, 4) is 0 Å². The number of nitrogens with zero attached hydrogens (tertiary/aromatic N) is 1. The average Bonchev–Trinajstić information content (AvgIpc) is 2.80. The molecule has 1 saturated heterocycles. The van der Waals surface area contributed by atoms with Crippen molar-refractivity contribution in [1.29, 1.82) is 0 Å². The molecule has 4 heteroatoms. The molecule has 1 aliphatic heterocycles. The first-order chi connectivity index (χ1) is 7.75. The largest absolute Gasteiger partial charge is 0.377 e. The Labute approximate surface area is 101 Å². The molecule has 0 bridgehead atoms. The van der Waals surface area contributed by atoms with E-state index in [4.69, 9.17) is 10.5 Å². The van der Waals surface area contributed by atoms with Crippen LogP contribution in [0, 0.1) is 0 Å². The third kappa shape index (κ3) is 3.20. The second kappa shape index (κ2) is 5.66. The van der Waals surface area contributed by atoms with Crippen LogP contribution in [0.1, 0.15) is 31.4 Å². The molecule has 0 aromatic carbocycles. The lowest BCUT2D eigenvalue weighted by molar-refractivity contribution is 0.129. The van der Waals surface area contributed by atoms with Crippen LogP contribution in [0.25, 0.3) is 0 Å². The first-order valence-electron chi connectivity index (χ1n) is 5.71. The normalized spacial score (nSPS) is 22.2. The molecule has 0 radical (unpaired) electrons. The lowest BCUT2D eigenvalue weighted by atomic mass is 10.2. The molecule has 1 fully saturated rings. The molecule has 1 aromatic rings. The molecule has 16 heavy (non-hydrogen) atoms. The first-order valence-corrected chi connectivity index (χ1v) is 6.70. The Kier molecular flexibility index (Phi) is 4.21. The van der Waals surface area contributed by atoms with Gasteiger partial charge in [-0.3, -0.25) is 0 Å². The van der Waals surface area contributed by atoms with Gasteiger partial charge in [0.25, 0.3) is 0 Å². The van der Waals surface area contributed by atoms with Crippen molar-refractivity contribution < 1.29 is 4.74 Å². The molecule has 0 saturated carbocycles. The van der Waals surface area contributed by atoms with Gasteiger partial charge in [-0.2, -0.15) is 0 Å². The smallest absolute Gasteiger partial charge is 0.0960 e. The predicted molar refractivity (Wildman–Crippen MR) is 66.5 cm³/mol. The summed E-state index contributed by atoms with van der Waals surface area (Å²) in [4.78, 5) is 4.39. The number of aromatic nitrogens is 1. The van der Waals surface area contributed by atoms with Gasteiger partial charge in [0.2, 0.25) is 0 Å². The van der Waals surface area contributed by atoms with Crippen LogP contribution < -0.4 is 5.73 Å². The highest BCUT2D eigenvalue weighted by Gasteiger charge is 2.15. The number of pyridine rings is 1. The first kappa shape index (κ1) is 11.9. The van der Waals surface area contributed by atoms with E-state index in [1.54, 1.807) is 11.8 Å². The Morgan fingerprint density at radius 1 is 1.62 bits per heavy atom. The molecule has 0 aliphatic carbocycles. The number of hydrogen-bond donors (Lipinski definition) is 1. The van der Waals surface area contributed by atoms with E-state index in [0.29, 0.717) is 6.10 Å². The lowest BCUT2D eigenvalue weighted by Crippen LogP contribution is -2.08. The highest BCUT2D eigenvalue weighted by molar-refractivity contribution is 7.99. The highest BCUT2D eigenvalue weighted by Crippen LogP contribution is 2.22. The van der Waals surface area contributed by atoms with E-state index in [0.717, 1.165) is 22.9 Å². The maximum atomic E-state index is 5.77. The highest BCUT2D eigenvalue weighted by atomic mass is 32.2. The Hall–Kier alpha value is -0.580. The molecule has 1 aliphatic rings. The molecule has 88 valence electrons. The van der Waals surface area contributed by atoms with E-state index in [9.17, 15) is 0 Å². The number of nitrogens with two attached hydrogens (primary N) is 1. The van der Waals surface area contributed by atoms with Gasteiger partial charge >= 0.3 is 0 Å². The molecule has 2 rings (SSSR count). The summed E-state index contributed by atoms with van der Waals surface area (Å²) in [5.41, 5.74) is 6.86. The van der Waals surface area contributed by atoms with E-state index in [1.807, 2.05) is 19.2 Å². The Balaban J connectivity index is 1.84. The van der Waals surface area contributed by atoms with Gasteiger partial charge < -0.3 is 10.5 Å². The molecule has 1 aromatic heterocycles. The van der Waals surface area contributed by atoms with E-state index < -0.39 is 0 Å². The molecular formula is C12H18N2OS. The van der Waals surface area contributed by atoms with Crippen LogP contribution in [-0.4, -0.2) is 23.4 Å². The van der Waals surface area contributed by atoms with Crippen LogP contribution in [0.4, 0.5) is 0 Å². The fraction of sp³-hybridized carbons (Fsp3) is 0.583. The second-order valence-corrected chi connectivity index (χ2v) is 5.20. The van der Waals surface area contributed by atoms with Crippen LogP contribution in [-0.2, 0) is 4.74 Å². The third-order valence-corrected chi connectivity index (χ3v) is 3.80. The zero-order valence-electron chi connectivity index (χ0n) is 9.56. The maximum Gasteiger partial charge on any atom is 0.0960 e. The van der Waals surface area contributed by atoms with Crippen LogP contribution in [0.3, 0.4) is 0 Å². The number of ether oxygens (including phenoxy) is 1. The van der Waals surface area contributed by atoms with Crippen molar-refractivity contribution in [3.05, 3.63) is 23.9 Å². The van der Waals surface area contributed by atoms with Crippen molar-refractivity contribution in [2.45, 2.75) is 36.9 Å². The summed E-state index contributed by atoms with van der Waals surface area (Å²) < 4.78 is 5.57. The van der Waals surface area contributed by atoms with Gasteiger partial charge in [0.1, 0.15) is 0 Å². The molecule has 1 unspecified atom stereocenters. The Morgan fingerprint density at radius 2 is 2.50 bits per heavy atom. The minimum atomic E-state index is 0.0599. The summed E-state index contributed by atoms with van der Waals surface area (Å²) in [7, 11) is 0. The molecule has 0 amide bonds. The standard InChI is InChI=1S/C12H18N2OS/c1-9(13)10-4-5-12(14-7-10)16-8-11-3-2-6-15-11/h4-5,7,9,11H,2-3,6,8,13H2,1H3/t9-,11?/m0/s1. The fourth-order valence-corrected chi connectivity index (χ4v) is 2.61. The summed E-state index contributed by atoms with van der Waals surface area (Å²) in [6.45, 7) is 2.89. The van der Waals surface area contributed by atoms with Gasteiger partial charge in [0.05, 0.1) is 11.1 Å². The van der Waals surface area contributed by atoms with Crippen LogP contribution in [0.15, 0.2) is 23.4 Å². The quantitative estimate of drug-likeness (QED) is 0.818. The van der Waals surface area contributed by atoms with Crippen molar-refractivity contribution >= 4 is 11.8 Å². The van der Waals surface area contributed by atoms with Crippen LogP contribution >= 0.6 is 11.8 Å². The Morgan fingerprint density at radius 3 is 3.06 bits per heavy atom. The minimum absolute atomic E-state index is 0.0599. The molecule has 3 nitrogen and oxygen atoms in total. The zero-order chi connectivity index (χ0) is 11.4. The molecule has 2 heterocycles. The monoisotopic (exact) mass is 238 g/mol.